The van der Waals surface area contributed by atoms with Gasteiger partial charge in [0.1, 0.15) is 11.2 Å². The van der Waals surface area contributed by atoms with Crippen LogP contribution in [0.5, 0.6) is 5.75 Å². The summed E-state index contributed by atoms with van der Waals surface area (Å²) in [6, 6.07) is 10.3. The van der Waals surface area contributed by atoms with Crippen LogP contribution in [0.2, 0.25) is 0 Å². The molecule has 55 heavy (non-hydrogen) atoms. The van der Waals surface area contributed by atoms with Crippen LogP contribution < -0.4 is 5.32 Å². The van der Waals surface area contributed by atoms with Gasteiger partial charge in [0, 0.05) is 83.9 Å². The first-order valence-electron chi connectivity index (χ1n) is 19.6. The van der Waals surface area contributed by atoms with Crippen LogP contribution in [0.1, 0.15) is 68.8 Å². The third-order valence-corrected chi connectivity index (χ3v) is 14.2. The number of carbonyl (C=O) groups excluding carboxylic acids is 3. The number of ether oxygens (including phenoxy) is 3. The number of aromatic amines is 1. The number of aromatic nitrogens is 1. The van der Waals surface area contributed by atoms with Gasteiger partial charge < -0.3 is 34.7 Å². The van der Waals surface area contributed by atoms with E-state index < -0.39 is 51.9 Å². The summed E-state index contributed by atoms with van der Waals surface area (Å²) >= 11 is 0. The van der Waals surface area contributed by atoms with Crippen molar-refractivity contribution in [2.45, 2.75) is 87.6 Å². The van der Waals surface area contributed by atoms with Gasteiger partial charge in [0.25, 0.3) is 0 Å². The predicted molar refractivity (Wildman–Crippen MR) is 204 cm³/mol. The fourth-order valence-electron chi connectivity index (χ4n) is 12.2. The molecule has 9 atom stereocenters. The van der Waals surface area contributed by atoms with E-state index in [0.29, 0.717) is 55.8 Å². The van der Waals surface area contributed by atoms with Crippen molar-refractivity contribution in [3.63, 3.8) is 0 Å². The van der Waals surface area contributed by atoms with Crippen LogP contribution in [-0.4, -0.2) is 107 Å². The van der Waals surface area contributed by atoms with Gasteiger partial charge in [-0.25, -0.2) is 4.79 Å². The standard InChI is InChI=1S/C43H50N4O8/c1-6-25-17-26-20-42(38(50)53-4,34-28(23-46(21-25)22-26)27-11-8-9-12-31(27)44-34)30-18-29-32(19-33(30)49)45-35-41(29)14-16-47-15-10-13-40(7-2,36(41)47)37(55-24(3)48)43(35,52)39(51)54-5/h8-13,17-19,26,35-37,44-45,49,52H,6-7,14-16,20-23H2,1-5H3/t26?,35-,36-,37-,40-,41+,42+,43+/m1/s1. The number of benzene rings is 2. The van der Waals surface area contributed by atoms with E-state index in [1.54, 1.807) is 6.07 Å². The molecule has 9 rings (SSSR count). The number of nitrogens with zero attached hydrogens (tertiary/aromatic N) is 2. The molecular weight excluding hydrogens is 700 g/mol. The van der Waals surface area contributed by atoms with Crippen molar-refractivity contribution in [1.29, 1.82) is 0 Å². The van der Waals surface area contributed by atoms with E-state index in [1.807, 2.05) is 43.3 Å². The zero-order valence-electron chi connectivity index (χ0n) is 32.1. The Kier molecular flexibility index (Phi) is 8.14. The van der Waals surface area contributed by atoms with Gasteiger partial charge in [-0.05, 0) is 61.4 Å². The number of hydrogen-bond acceptors (Lipinski definition) is 11. The van der Waals surface area contributed by atoms with E-state index in [0.717, 1.165) is 41.5 Å². The summed E-state index contributed by atoms with van der Waals surface area (Å²) < 4.78 is 17.2. The quantitative estimate of drug-likeness (QED) is 0.161. The lowest BCUT2D eigenvalue weighted by Crippen LogP contribution is -2.80. The largest absolute Gasteiger partial charge is 0.508 e. The van der Waals surface area contributed by atoms with Crippen molar-refractivity contribution in [3.05, 3.63) is 82.6 Å². The third-order valence-electron chi connectivity index (χ3n) is 14.2. The Morgan fingerprint density at radius 1 is 1.04 bits per heavy atom. The highest BCUT2D eigenvalue weighted by Crippen LogP contribution is 2.67. The molecule has 6 aliphatic rings. The normalized spacial score (nSPS) is 35.6. The number of methoxy groups -OCH3 is 2. The van der Waals surface area contributed by atoms with Gasteiger partial charge >= 0.3 is 17.9 Å². The van der Waals surface area contributed by atoms with Crippen LogP contribution in [0.3, 0.4) is 0 Å². The van der Waals surface area contributed by atoms with Gasteiger partial charge in [-0.1, -0.05) is 55.8 Å². The number of H-pyrrole nitrogens is 1. The smallest absolute Gasteiger partial charge is 0.344 e. The zero-order valence-corrected chi connectivity index (χ0v) is 32.1. The van der Waals surface area contributed by atoms with Crippen LogP contribution in [0.25, 0.3) is 10.9 Å². The maximum Gasteiger partial charge on any atom is 0.344 e. The number of nitrogens with one attached hydrogen (secondary N) is 2. The number of phenolic OH excluding ortho intramolecular Hbond substituents is 1. The lowest BCUT2D eigenvalue weighted by molar-refractivity contribution is -0.226. The lowest BCUT2D eigenvalue weighted by atomic mass is 9.47. The second kappa shape index (κ2) is 12.4. The van der Waals surface area contributed by atoms with E-state index in [-0.39, 0.29) is 17.7 Å². The van der Waals surface area contributed by atoms with Gasteiger partial charge in [-0.15, -0.1) is 0 Å². The summed E-state index contributed by atoms with van der Waals surface area (Å²) in [4.78, 5) is 50.3. The minimum absolute atomic E-state index is 0.0270. The number of rotatable bonds is 6. The minimum atomic E-state index is -2.32. The van der Waals surface area contributed by atoms with E-state index in [9.17, 15) is 24.6 Å². The Balaban J connectivity index is 1.33. The first kappa shape index (κ1) is 36.0. The molecule has 6 heterocycles. The maximum absolute atomic E-state index is 14.9. The number of anilines is 1. The van der Waals surface area contributed by atoms with E-state index >= 15 is 0 Å². The highest BCUT2D eigenvalue weighted by Gasteiger charge is 2.79. The molecule has 2 fully saturated rings. The number of hydrogen-bond donors (Lipinski definition) is 4. The van der Waals surface area contributed by atoms with Gasteiger partial charge in [0.05, 0.1) is 20.3 Å². The maximum atomic E-state index is 14.9. The summed E-state index contributed by atoms with van der Waals surface area (Å²) in [5, 5.41) is 29.9. The number of aromatic hydroxyl groups is 1. The molecule has 1 aromatic heterocycles. The van der Waals surface area contributed by atoms with Crippen LogP contribution in [0.15, 0.2) is 60.2 Å². The van der Waals surface area contributed by atoms with E-state index in [1.165, 1.54) is 26.7 Å². The van der Waals surface area contributed by atoms with Crippen molar-refractivity contribution in [3.8, 4) is 5.75 Å². The Bertz CT molecular complexity index is 2200. The molecule has 12 nitrogen and oxygen atoms in total. The van der Waals surface area contributed by atoms with Gasteiger partial charge in [0.2, 0.25) is 5.60 Å². The summed E-state index contributed by atoms with van der Waals surface area (Å²) in [7, 11) is 2.63. The van der Waals surface area contributed by atoms with E-state index in [4.69, 9.17) is 14.2 Å². The van der Waals surface area contributed by atoms with Gasteiger partial charge in [0.15, 0.2) is 6.10 Å². The highest BCUT2D eigenvalue weighted by atomic mass is 16.6. The first-order chi connectivity index (χ1) is 26.4. The summed E-state index contributed by atoms with van der Waals surface area (Å²) in [5.74, 6) is -2.15. The monoisotopic (exact) mass is 750 g/mol. The molecule has 1 aliphatic carbocycles. The van der Waals surface area contributed by atoms with Crippen molar-refractivity contribution in [2.24, 2.45) is 11.3 Å². The Morgan fingerprint density at radius 2 is 1.82 bits per heavy atom. The van der Waals surface area contributed by atoms with Crippen LogP contribution in [0.4, 0.5) is 5.69 Å². The molecule has 0 radical (unpaired) electrons. The molecule has 1 saturated carbocycles. The number of fused-ring (bicyclic) bond motifs is 6. The van der Waals surface area contributed by atoms with E-state index in [2.05, 4.69) is 39.2 Å². The van der Waals surface area contributed by atoms with Crippen LogP contribution in [0, 0.1) is 11.3 Å². The number of carbonyl (C=O) groups is 3. The summed E-state index contributed by atoms with van der Waals surface area (Å²) in [6.45, 7) is 8.91. The summed E-state index contributed by atoms with van der Waals surface area (Å²) in [6.07, 6.45) is 7.30. The second-order valence-electron chi connectivity index (χ2n) is 16.6. The average molecular weight is 751 g/mol. The van der Waals surface area contributed by atoms with Gasteiger partial charge in [-0.3, -0.25) is 19.4 Å². The summed E-state index contributed by atoms with van der Waals surface area (Å²) in [5.41, 5.74) is -0.0884. The number of phenols is 1. The molecule has 2 aromatic carbocycles. The topological polar surface area (TPSA) is 154 Å². The van der Waals surface area contributed by atoms with Crippen molar-refractivity contribution in [2.75, 3.05) is 45.7 Å². The fraction of sp³-hybridized carbons (Fsp3) is 0.512. The van der Waals surface area contributed by atoms with Gasteiger partial charge in [-0.2, -0.15) is 0 Å². The number of esters is 3. The molecular formula is C43H50N4O8. The molecule has 2 bridgehead atoms. The molecule has 5 aliphatic heterocycles. The molecule has 290 valence electrons. The third kappa shape index (κ3) is 4.58. The SMILES string of the molecule is CCC1=CC2CN(C1)Cc1c([nH]c3ccccc13)[C@@](C(=O)OC)(c1cc3c(cc1O)N[C@H]1[C@@](O)(C(=O)OC)[C@H](OC(C)=O)[C@]4(CC)C=CCN5CC[C@]31[C@H]54)C2. The Morgan fingerprint density at radius 3 is 2.55 bits per heavy atom. The molecule has 2 unspecified atom stereocenters. The van der Waals surface area contributed by atoms with Crippen LogP contribution >= 0.6 is 0 Å². The number of para-hydroxylation sites is 1. The zero-order chi connectivity index (χ0) is 38.7. The first-order valence-corrected chi connectivity index (χ1v) is 19.6. The molecule has 12 heteroatoms. The molecule has 0 amide bonds. The van der Waals surface area contributed by atoms with Crippen molar-refractivity contribution >= 4 is 34.5 Å². The minimum Gasteiger partial charge on any atom is -0.508 e. The Labute approximate surface area is 320 Å². The lowest BCUT2D eigenvalue weighted by Gasteiger charge is -2.62. The van der Waals surface area contributed by atoms with Crippen molar-refractivity contribution in [1.82, 2.24) is 14.8 Å². The molecule has 4 N–H and O–H groups in total. The molecule has 1 saturated heterocycles. The highest BCUT2D eigenvalue weighted by molar-refractivity contribution is 5.95. The second-order valence-corrected chi connectivity index (χ2v) is 16.6. The predicted octanol–water partition coefficient (Wildman–Crippen LogP) is 4.43. The Hall–Kier alpha value is -4.65. The number of aliphatic hydroxyl groups is 1. The molecule has 1 spiro atoms. The van der Waals surface area contributed by atoms with Crippen molar-refractivity contribution < 1.29 is 38.8 Å². The molecule has 3 aromatic rings. The average Bonchev–Trinajstić information content (AvgIpc) is 3.86. The fourth-order valence-corrected chi connectivity index (χ4v) is 12.2. The van der Waals surface area contributed by atoms with Crippen LogP contribution in [-0.2, 0) is 46.0 Å².